The number of azide groups is 1. The quantitative estimate of drug-likeness (QED) is 0.278. The molecular weight excluding hydrogens is 442 g/mol. The summed E-state index contributed by atoms with van der Waals surface area (Å²) in [5.74, 6) is 0. The van der Waals surface area contributed by atoms with Crippen LogP contribution in [-0.2, 0) is 9.16 Å². The SMILES string of the molecule is CS[C@@H]1OC(CO)[C@H](O)[C@H](O[Si](c2ccccc2)(c2ccccc2)C(C)(C)C)C1N=[N+]=[N-]. The van der Waals surface area contributed by atoms with E-state index >= 15 is 0 Å². The predicted molar refractivity (Wildman–Crippen MR) is 131 cm³/mol. The third-order valence-corrected chi connectivity index (χ3v) is 11.9. The first-order valence-corrected chi connectivity index (χ1v) is 13.8. The van der Waals surface area contributed by atoms with Crippen LogP contribution in [0.2, 0.25) is 5.04 Å². The molecule has 1 aliphatic rings. The summed E-state index contributed by atoms with van der Waals surface area (Å²) in [6.07, 6.45) is -0.988. The van der Waals surface area contributed by atoms with Gasteiger partial charge < -0.3 is 19.4 Å². The lowest BCUT2D eigenvalue weighted by atomic mass is 9.99. The Hall–Kier alpha value is -1.84. The van der Waals surface area contributed by atoms with Gasteiger partial charge in [0.15, 0.2) is 0 Å². The van der Waals surface area contributed by atoms with Gasteiger partial charge in [-0.3, -0.25) is 0 Å². The van der Waals surface area contributed by atoms with Crippen molar-refractivity contribution in [2.24, 2.45) is 5.11 Å². The molecular formula is C23H31N3O4SSi. The van der Waals surface area contributed by atoms with Gasteiger partial charge in [-0.1, -0.05) is 86.5 Å². The summed E-state index contributed by atoms with van der Waals surface area (Å²) in [5.41, 5.74) is 8.72. The molecule has 1 aliphatic heterocycles. The van der Waals surface area contributed by atoms with E-state index in [0.29, 0.717) is 0 Å². The lowest BCUT2D eigenvalue weighted by Gasteiger charge is -2.50. The van der Waals surface area contributed by atoms with Crippen LogP contribution in [0.3, 0.4) is 0 Å². The molecule has 3 rings (SSSR count). The van der Waals surface area contributed by atoms with Gasteiger partial charge in [-0.15, -0.1) is 11.8 Å². The molecule has 0 saturated carbocycles. The monoisotopic (exact) mass is 473 g/mol. The average molecular weight is 474 g/mol. The molecule has 0 amide bonds. The Bertz CT molecular complexity index is 882. The second-order valence-electron chi connectivity index (χ2n) is 8.89. The van der Waals surface area contributed by atoms with Crippen LogP contribution in [-0.4, -0.2) is 61.2 Å². The molecule has 0 aliphatic carbocycles. The zero-order chi connectivity index (χ0) is 23.4. The van der Waals surface area contributed by atoms with Crippen LogP contribution < -0.4 is 10.4 Å². The van der Waals surface area contributed by atoms with E-state index in [1.165, 1.54) is 11.8 Å². The maximum Gasteiger partial charge on any atom is 0.261 e. The average Bonchev–Trinajstić information content (AvgIpc) is 2.79. The van der Waals surface area contributed by atoms with Crippen molar-refractivity contribution < 1.29 is 19.4 Å². The topological polar surface area (TPSA) is 108 Å². The third kappa shape index (κ3) is 4.60. The fraction of sp³-hybridized carbons (Fsp3) is 0.478. The van der Waals surface area contributed by atoms with E-state index in [0.717, 1.165) is 10.4 Å². The minimum Gasteiger partial charge on any atom is -0.401 e. The van der Waals surface area contributed by atoms with Crippen LogP contribution in [0, 0.1) is 0 Å². The van der Waals surface area contributed by atoms with E-state index in [4.69, 9.17) is 9.16 Å². The molecule has 0 spiro atoms. The standard InChI is InChI=1S/C23H31N3O4SSi/c1-23(2,3)32(16-11-7-5-8-12-16,17-13-9-6-10-14-17)30-21-19(25-26-24)22(31-4)29-18(15-27)20(21)28/h5-14,18-22,27-28H,15H2,1-4H3/t18?,19?,20-,21+,22-/m0/s1. The first-order valence-electron chi connectivity index (χ1n) is 10.6. The van der Waals surface area contributed by atoms with E-state index < -0.39 is 38.1 Å². The number of thioether (sulfide) groups is 1. The van der Waals surface area contributed by atoms with Gasteiger partial charge in [0, 0.05) is 4.91 Å². The highest BCUT2D eigenvalue weighted by atomic mass is 32.2. The second-order valence-corrected chi connectivity index (χ2v) is 14.1. The molecule has 2 aromatic rings. The number of benzene rings is 2. The van der Waals surface area contributed by atoms with Crippen molar-refractivity contribution in [2.75, 3.05) is 12.9 Å². The van der Waals surface area contributed by atoms with Gasteiger partial charge in [-0.2, -0.15) is 0 Å². The molecule has 1 heterocycles. The fourth-order valence-electron chi connectivity index (χ4n) is 4.46. The molecule has 2 aromatic carbocycles. The Morgan fingerprint density at radius 2 is 1.62 bits per heavy atom. The number of aliphatic hydroxyl groups is 2. The number of hydrogen-bond donors (Lipinski definition) is 2. The number of nitrogens with zero attached hydrogens (tertiary/aromatic N) is 3. The Morgan fingerprint density at radius 1 is 1.09 bits per heavy atom. The van der Waals surface area contributed by atoms with Crippen molar-refractivity contribution in [3.63, 3.8) is 0 Å². The van der Waals surface area contributed by atoms with Gasteiger partial charge in [0.05, 0.1) is 12.7 Å². The highest BCUT2D eigenvalue weighted by molar-refractivity contribution is 7.99. The first kappa shape index (κ1) is 24.8. The van der Waals surface area contributed by atoms with Crippen molar-refractivity contribution in [2.45, 2.75) is 55.6 Å². The van der Waals surface area contributed by atoms with E-state index in [1.807, 2.05) is 42.7 Å². The lowest BCUT2D eigenvalue weighted by molar-refractivity contribution is -0.160. The molecule has 172 valence electrons. The van der Waals surface area contributed by atoms with E-state index in [2.05, 4.69) is 55.1 Å². The molecule has 0 bridgehead atoms. The van der Waals surface area contributed by atoms with Gasteiger partial charge in [0.1, 0.15) is 23.7 Å². The molecule has 2 unspecified atom stereocenters. The summed E-state index contributed by atoms with van der Waals surface area (Å²) in [4.78, 5) is 3.02. The van der Waals surface area contributed by atoms with Crippen LogP contribution in [0.15, 0.2) is 65.8 Å². The predicted octanol–water partition coefficient (Wildman–Crippen LogP) is 3.05. The first-order chi connectivity index (χ1) is 15.3. The Morgan fingerprint density at radius 3 is 2.03 bits per heavy atom. The van der Waals surface area contributed by atoms with Crippen LogP contribution in [0.1, 0.15) is 20.8 Å². The molecule has 7 nitrogen and oxygen atoms in total. The Kier molecular flexibility index (Phi) is 8.05. The number of ether oxygens (including phenoxy) is 1. The molecule has 0 aromatic heterocycles. The molecule has 32 heavy (non-hydrogen) atoms. The molecule has 2 N–H and O–H groups in total. The molecule has 0 radical (unpaired) electrons. The van der Waals surface area contributed by atoms with Crippen LogP contribution in [0.4, 0.5) is 0 Å². The van der Waals surface area contributed by atoms with Gasteiger partial charge in [0.25, 0.3) is 8.32 Å². The summed E-state index contributed by atoms with van der Waals surface area (Å²) >= 11 is 1.37. The Labute approximate surface area is 194 Å². The van der Waals surface area contributed by atoms with E-state index in [-0.39, 0.29) is 11.6 Å². The number of aliphatic hydroxyl groups excluding tert-OH is 2. The normalized spacial score (nSPS) is 26.4. The van der Waals surface area contributed by atoms with Gasteiger partial charge >= 0.3 is 0 Å². The van der Waals surface area contributed by atoms with Crippen molar-refractivity contribution in [3.05, 3.63) is 71.1 Å². The van der Waals surface area contributed by atoms with Gasteiger partial charge in [0.2, 0.25) is 0 Å². The van der Waals surface area contributed by atoms with Gasteiger partial charge in [-0.25, -0.2) is 0 Å². The molecule has 9 heteroatoms. The van der Waals surface area contributed by atoms with Crippen LogP contribution in [0.5, 0.6) is 0 Å². The van der Waals surface area contributed by atoms with Crippen LogP contribution >= 0.6 is 11.8 Å². The van der Waals surface area contributed by atoms with E-state index in [9.17, 15) is 15.7 Å². The minimum absolute atomic E-state index is 0.321. The van der Waals surface area contributed by atoms with Crippen molar-refractivity contribution in [1.82, 2.24) is 0 Å². The third-order valence-electron chi connectivity index (χ3n) is 5.97. The lowest BCUT2D eigenvalue weighted by Crippen LogP contribution is -2.71. The molecule has 5 atom stereocenters. The largest absolute Gasteiger partial charge is 0.401 e. The van der Waals surface area contributed by atoms with Crippen molar-refractivity contribution in [1.29, 1.82) is 0 Å². The Balaban J connectivity index is 2.23. The fourth-order valence-corrected chi connectivity index (χ4v) is 9.91. The van der Waals surface area contributed by atoms with Crippen LogP contribution in [0.25, 0.3) is 10.4 Å². The highest BCUT2D eigenvalue weighted by Crippen LogP contribution is 2.41. The summed E-state index contributed by atoms with van der Waals surface area (Å²) in [6, 6.07) is 19.4. The minimum atomic E-state index is -3.02. The summed E-state index contributed by atoms with van der Waals surface area (Å²) in [5, 5.41) is 26.8. The summed E-state index contributed by atoms with van der Waals surface area (Å²) in [7, 11) is -3.02. The number of hydrogen-bond acceptors (Lipinski definition) is 6. The maximum atomic E-state index is 11.2. The summed E-state index contributed by atoms with van der Waals surface area (Å²) < 4.78 is 12.9. The maximum absolute atomic E-state index is 11.2. The van der Waals surface area contributed by atoms with Gasteiger partial charge in [-0.05, 0) is 27.2 Å². The van der Waals surface area contributed by atoms with Crippen molar-refractivity contribution in [3.8, 4) is 0 Å². The van der Waals surface area contributed by atoms with E-state index in [1.54, 1.807) is 0 Å². The molecule has 1 fully saturated rings. The number of rotatable bonds is 7. The van der Waals surface area contributed by atoms with Crippen molar-refractivity contribution >= 4 is 30.5 Å². The zero-order valence-electron chi connectivity index (χ0n) is 18.8. The zero-order valence-corrected chi connectivity index (χ0v) is 20.6. The smallest absolute Gasteiger partial charge is 0.261 e. The summed E-state index contributed by atoms with van der Waals surface area (Å²) in [6.45, 7) is 6.07. The molecule has 1 saturated heterocycles. The highest BCUT2D eigenvalue weighted by Gasteiger charge is 2.55. The second kappa shape index (κ2) is 10.4.